The Balaban J connectivity index is 0.783. The van der Waals surface area contributed by atoms with Gasteiger partial charge in [-0.2, -0.15) is 0 Å². The summed E-state index contributed by atoms with van der Waals surface area (Å²) in [6.45, 7) is 0.496. The van der Waals surface area contributed by atoms with Crippen LogP contribution in [0, 0.1) is 0 Å². The third-order valence-corrected chi connectivity index (χ3v) is 10.6. The van der Waals surface area contributed by atoms with Crippen LogP contribution in [0.5, 0.6) is 11.5 Å². The molecular formula is C36H28Cl2N4O4S2. The van der Waals surface area contributed by atoms with E-state index in [1.54, 1.807) is 23.5 Å². The van der Waals surface area contributed by atoms with E-state index < -0.39 is 0 Å². The minimum absolute atomic E-state index is 0.0185. The predicted molar refractivity (Wildman–Crippen MR) is 192 cm³/mol. The quantitative estimate of drug-likeness (QED) is 0.152. The topological polar surface area (TPSA) is 68.1 Å². The molecule has 4 heterocycles. The molecule has 0 saturated heterocycles. The zero-order valence-corrected chi connectivity index (χ0v) is 28.5. The molecular weight excluding hydrogens is 687 g/mol. The highest BCUT2D eigenvalue weighted by Crippen LogP contribution is 2.46. The van der Waals surface area contributed by atoms with Gasteiger partial charge in [-0.3, -0.25) is 0 Å². The molecule has 2 unspecified atom stereocenters. The van der Waals surface area contributed by atoms with E-state index in [0.29, 0.717) is 33.6 Å². The number of thioether (sulfide) groups is 2. The third-order valence-electron chi connectivity index (χ3n) is 7.96. The molecule has 4 aromatic carbocycles. The molecule has 2 atom stereocenters. The van der Waals surface area contributed by atoms with Gasteiger partial charge in [-0.25, -0.2) is 10.0 Å². The Kier molecular flexibility index (Phi) is 8.88. The van der Waals surface area contributed by atoms with E-state index in [-0.39, 0.29) is 24.0 Å². The van der Waals surface area contributed by atoms with Gasteiger partial charge in [-0.1, -0.05) is 95.3 Å². The maximum absolute atomic E-state index is 6.05. The fraction of sp³-hybridized carbons (Fsp3) is 0.167. The van der Waals surface area contributed by atoms with Crippen LogP contribution in [0.2, 0.25) is 10.0 Å². The van der Waals surface area contributed by atoms with E-state index in [4.69, 9.17) is 42.1 Å². The van der Waals surface area contributed by atoms with E-state index in [0.717, 1.165) is 35.5 Å². The van der Waals surface area contributed by atoms with Crippen LogP contribution >= 0.6 is 46.7 Å². The fourth-order valence-corrected chi connectivity index (χ4v) is 7.68. The molecule has 4 aliphatic heterocycles. The molecule has 0 amide bonds. The molecule has 8 rings (SSSR count). The monoisotopic (exact) mass is 714 g/mol. The van der Waals surface area contributed by atoms with Crippen LogP contribution in [0.15, 0.2) is 130 Å². The maximum Gasteiger partial charge on any atom is 0.252 e. The number of aryl methyl sites for hydroxylation is 2. The number of ether oxygens (including phenoxy) is 4. The van der Waals surface area contributed by atoms with Gasteiger partial charge in [0.1, 0.15) is 22.2 Å². The zero-order valence-electron chi connectivity index (χ0n) is 25.4. The Morgan fingerprint density at radius 1 is 0.562 bits per heavy atom. The Labute approximate surface area is 296 Å². The van der Waals surface area contributed by atoms with Gasteiger partial charge in [-0.15, -0.1) is 10.2 Å². The molecule has 0 aliphatic carbocycles. The highest BCUT2D eigenvalue weighted by Gasteiger charge is 2.36. The lowest BCUT2D eigenvalue weighted by Gasteiger charge is -2.17. The van der Waals surface area contributed by atoms with Gasteiger partial charge in [0.15, 0.2) is 13.2 Å². The van der Waals surface area contributed by atoms with E-state index in [9.17, 15) is 0 Å². The molecule has 12 heteroatoms. The molecule has 242 valence electrons. The van der Waals surface area contributed by atoms with E-state index in [1.165, 1.54) is 11.1 Å². The first-order chi connectivity index (χ1) is 23.5. The van der Waals surface area contributed by atoms with Crippen molar-refractivity contribution in [3.8, 4) is 11.5 Å². The second kappa shape index (κ2) is 13.7. The van der Waals surface area contributed by atoms with Crippen molar-refractivity contribution in [1.82, 2.24) is 10.0 Å². The zero-order chi connectivity index (χ0) is 32.5. The van der Waals surface area contributed by atoms with Gasteiger partial charge in [0.2, 0.25) is 11.8 Å². The maximum atomic E-state index is 6.05. The predicted octanol–water partition coefficient (Wildman–Crippen LogP) is 9.32. The Hall–Kier alpha value is -4.22. The number of hydrogen-bond donors (Lipinski definition) is 0. The number of hydrogen-bond acceptors (Lipinski definition) is 10. The van der Waals surface area contributed by atoms with Gasteiger partial charge < -0.3 is 18.9 Å². The van der Waals surface area contributed by atoms with Gasteiger partial charge in [0.05, 0.1) is 0 Å². The average Bonchev–Trinajstić information content (AvgIpc) is 3.89. The van der Waals surface area contributed by atoms with Crippen LogP contribution < -0.4 is 9.47 Å². The average molecular weight is 716 g/mol. The summed E-state index contributed by atoms with van der Waals surface area (Å²) in [7, 11) is 0. The number of rotatable bonds is 11. The Morgan fingerprint density at radius 3 is 1.35 bits per heavy atom. The molecule has 0 aromatic heterocycles. The molecule has 0 fully saturated rings. The van der Waals surface area contributed by atoms with Crippen LogP contribution in [0.1, 0.15) is 33.0 Å². The van der Waals surface area contributed by atoms with Crippen molar-refractivity contribution in [3.05, 3.63) is 152 Å². The third kappa shape index (κ3) is 6.84. The molecule has 4 aromatic rings. The lowest BCUT2D eigenvalue weighted by Crippen LogP contribution is -2.13. The molecule has 0 N–H and O–H groups in total. The first-order valence-electron chi connectivity index (χ1n) is 15.3. The molecule has 0 saturated carbocycles. The van der Waals surface area contributed by atoms with Crippen molar-refractivity contribution >= 4 is 58.5 Å². The van der Waals surface area contributed by atoms with Crippen LogP contribution in [0.25, 0.3) is 0 Å². The molecule has 0 spiro atoms. The SMILES string of the molecule is Clc1ccc(C2SC=C3OC(COc4ccc(CCc5ccc(OCC6=NN7C(=CSC7c7ccc(Cl)cc7)O6)cc5)cc4)=NN32)cc1. The molecule has 0 radical (unpaired) electrons. The summed E-state index contributed by atoms with van der Waals surface area (Å²) >= 11 is 15.4. The lowest BCUT2D eigenvalue weighted by atomic mass is 10.0. The number of fused-ring (bicyclic) bond motifs is 2. The Morgan fingerprint density at radius 2 is 0.958 bits per heavy atom. The van der Waals surface area contributed by atoms with Gasteiger partial charge in [0, 0.05) is 20.9 Å². The normalized spacial score (nSPS) is 19.1. The number of benzene rings is 4. The standard InChI is InChI=1S/C36H28Cl2N4O4S2/c37-27-11-7-25(8-12-27)35-41-33(21-47-35)45-31(39-41)19-43-29-15-3-23(4-16-29)1-2-24-5-17-30(18-6-24)44-20-32-40-42-34(46-32)22-48-36(42)26-9-13-28(38)14-10-26/h3-18,21-22,35-36H,1-2,19-20H2. The summed E-state index contributed by atoms with van der Waals surface area (Å²) in [5.74, 6) is 4.02. The fourth-order valence-electron chi connectivity index (χ4n) is 5.46. The van der Waals surface area contributed by atoms with Crippen molar-refractivity contribution in [2.75, 3.05) is 13.2 Å². The van der Waals surface area contributed by atoms with Crippen LogP contribution in [0.3, 0.4) is 0 Å². The first-order valence-corrected chi connectivity index (χ1v) is 17.9. The van der Waals surface area contributed by atoms with Crippen molar-refractivity contribution in [1.29, 1.82) is 0 Å². The largest absolute Gasteiger partial charge is 0.484 e. The van der Waals surface area contributed by atoms with Gasteiger partial charge >= 0.3 is 0 Å². The van der Waals surface area contributed by atoms with Crippen molar-refractivity contribution in [2.45, 2.75) is 23.6 Å². The van der Waals surface area contributed by atoms with Crippen molar-refractivity contribution in [2.24, 2.45) is 10.2 Å². The first kappa shape index (κ1) is 31.1. The highest BCUT2D eigenvalue weighted by atomic mass is 35.5. The number of halogens is 2. The number of hydrazone groups is 2. The summed E-state index contributed by atoms with van der Waals surface area (Å²) in [6, 6.07) is 31.9. The van der Waals surface area contributed by atoms with E-state index in [2.05, 4.69) is 34.5 Å². The lowest BCUT2D eigenvalue weighted by molar-refractivity contribution is 0.256. The van der Waals surface area contributed by atoms with Gasteiger partial charge in [-0.05, 0) is 83.6 Å². The van der Waals surface area contributed by atoms with Crippen molar-refractivity contribution in [3.63, 3.8) is 0 Å². The minimum Gasteiger partial charge on any atom is -0.484 e. The van der Waals surface area contributed by atoms with Gasteiger partial charge in [0.25, 0.3) is 11.8 Å². The minimum atomic E-state index is 0.0185. The molecule has 0 bridgehead atoms. The highest BCUT2D eigenvalue weighted by molar-refractivity contribution is 8.02. The summed E-state index contributed by atoms with van der Waals surface area (Å²) < 4.78 is 23.8. The van der Waals surface area contributed by atoms with Crippen LogP contribution in [-0.4, -0.2) is 35.0 Å². The summed E-state index contributed by atoms with van der Waals surface area (Å²) in [5.41, 5.74) is 4.68. The second-order valence-electron chi connectivity index (χ2n) is 11.2. The Bertz CT molecular complexity index is 1780. The van der Waals surface area contributed by atoms with E-state index in [1.807, 2.05) is 93.6 Å². The molecule has 48 heavy (non-hydrogen) atoms. The summed E-state index contributed by atoms with van der Waals surface area (Å²) in [6.07, 6.45) is 1.82. The van der Waals surface area contributed by atoms with Crippen LogP contribution in [-0.2, 0) is 22.3 Å². The van der Waals surface area contributed by atoms with E-state index >= 15 is 0 Å². The van der Waals surface area contributed by atoms with Crippen molar-refractivity contribution < 1.29 is 18.9 Å². The number of nitrogens with zero attached hydrogens (tertiary/aromatic N) is 4. The summed E-state index contributed by atoms with van der Waals surface area (Å²) in [5, 5.41) is 18.5. The smallest absolute Gasteiger partial charge is 0.252 e. The van der Waals surface area contributed by atoms with Crippen LogP contribution in [0.4, 0.5) is 0 Å². The summed E-state index contributed by atoms with van der Waals surface area (Å²) in [4.78, 5) is 0. The molecule has 4 aliphatic rings. The molecule has 8 nitrogen and oxygen atoms in total. The second-order valence-corrected chi connectivity index (χ2v) is 14.0.